The monoisotopic (exact) mass is 213 g/mol. The van der Waals surface area contributed by atoms with Crippen LogP contribution in [0.3, 0.4) is 0 Å². The van der Waals surface area contributed by atoms with Crippen LogP contribution in [0.25, 0.3) is 0 Å². The summed E-state index contributed by atoms with van der Waals surface area (Å²) in [6.07, 6.45) is 2.46. The Hall–Kier alpha value is -0.610. The average molecular weight is 213 g/mol. The number of hydrogen-bond acceptors (Lipinski definition) is 3. The zero-order valence-corrected chi connectivity index (χ0v) is 9.83. The summed E-state index contributed by atoms with van der Waals surface area (Å²) in [7, 11) is 0. The molecule has 1 aliphatic rings. The highest BCUT2D eigenvalue weighted by Gasteiger charge is 2.19. The topological polar surface area (TPSA) is 58.4 Å². The van der Waals surface area contributed by atoms with Gasteiger partial charge >= 0.3 is 0 Å². The van der Waals surface area contributed by atoms with Gasteiger partial charge < -0.3 is 11.1 Å². The SMILES string of the molecule is CC(C)CN(CC(N)=O)C[C@@H]1CCCN1. The van der Waals surface area contributed by atoms with E-state index < -0.39 is 0 Å². The van der Waals surface area contributed by atoms with E-state index in [2.05, 4.69) is 24.1 Å². The third-order valence-electron chi connectivity index (χ3n) is 2.64. The van der Waals surface area contributed by atoms with Crippen molar-refractivity contribution in [2.75, 3.05) is 26.2 Å². The molecule has 0 bridgehead atoms. The fraction of sp³-hybridized carbons (Fsp3) is 0.909. The van der Waals surface area contributed by atoms with E-state index in [1.165, 1.54) is 12.8 Å². The summed E-state index contributed by atoms with van der Waals surface area (Å²) in [6, 6.07) is 0.545. The van der Waals surface area contributed by atoms with Gasteiger partial charge in [-0.25, -0.2) is 0 Å². The quantitative estimate of drug-likeness (QED) is 0.662. The lowest BCUT2D eigenvalue weighted by Gasteiger charge is -2.25. The molecular weight excluding hydrogens is 190 g/mol. The maximum absolute atomic E-state index is 10.9. The Morgan fingerprint density at radius 3 is 2.80 bits per heavy atom. The zero-order valence-electron chi connectivity index (χ0n) is 9.83. The Morgan fingerprint density at radius 2 is 2.33 bits per heavy atom. The molecule has 0 unspecified atom stereocenters. The van der Waals surface area contributed by atoms with Crippen LogP contribution in [0.5, 0.6) is 0 Å². The fourth-order valence-corrected chi connectivity index (χ4v) is 2.16. The van der Waals surface area contributed by atoms with Gasteiger partial charge in [-0.1, -0.05) is 13.8 Å². The van der Waals surface area contributed by atoms with Crippen LogP contribution in [0.1, 0.15) is 26.7 Å². The molecule has 1 heterocycles. The van der Waals surface area contributed by atoms with Crippen LogP contribution in [-0.4, -0.2) is 43.0 Å². The van der Waals surface area contributed by atoms with Crippen molar-refractivity contribution in [2.24, 2.45) is 11.7 Å². The first-order valence-corrected chi connectivity index (χ1v) is 5.82. The number of primary amides is 1. The molecule has 1 atom stereocenters. The molecule has 3 N–H and O–H groups in total. The number of hydrogen-bond donors (Lipinski definition) is 2. The highest BCUT2D eigenvalue weighted by Crippen LogP contribution is 2.08. The van der Waals surface area contributed by atoms with Gasteiger partial charge in [-0.05, 0) is 25.3 Å². The molecule has 4 nitrogen and oxygen atoms in total. The number of nitrogens with one attached hydrogen (secondary N) is 1. The molecule has 0 radical (unpaired) electrons. The van der Waals surface area contributed by atoms with E-state index in [0.717, 1.165) is 19.6 Å². The standard InChI is InChI=1S/C11H23N3O/c1-9(2)6-14(8-11(12)15)7-10-4-3-5-13-10/h9-10,13H,3-8H2,1-2H3,(H2,12,15)/t10-/m0/s1. The minimum atomic E-state index is -0.228. The van der Waals surface area contributed by atoms with Gasteiger partial charge in [0.25, 0.3) is 0 Å². The molecule has 0 aromatic carbocycles. The molecule has 1 rings (SSSR count). The highest BCUT2D eigenvalue weighted by molar-refractivity contribution is 5.75. The van der Waals surface area contributed by atoms with Gasteiger partial charge in [-0.2, -0.15) is 0 Å². The Kier molecular flexibility index (Phi) is 5.05. The van der Waals surface area contributed by atoms with E-state index in [1.807, 2.05) is 0 Å². The molecule has 0 aromatic rings. The number of carbonyl (C=O) groups is 1. The van der Waals surface area contributed by atoms with Crippen molar-refractivity contribution in [1.29, 1.82) is 0 Å². The highest BCUT2D eigenvalue weighted by atomic mass is 16.1. The Balaban J connectivity index is 2.36. The van der Waals surface area contributed by atoms with E-state index in [4.69, 9.17) is 5.73 Å². The van der Waals surface area contributed by atoms with Gasteiger partial charge in [0.15, 0.2) is 0 Å². The smallest absolute Gasteiger partial charge is 0.231 e. The second kappa shape index (κ2) is 6.08. The minimum Gasteiger partial charge on any atom is -0.369 e. The predicted octanol–water partition coefficient (Wildman–Crippen LogP) is 0.182. The van der Waals surface area contributed by atoms with E-state index in [1.54, 1.807) is 0 Å². The second-order valence-electron chi connectivity index (χ2n) is 4.85. The summed E-state index contributed by atoms with van der Waals surface area (Å²) >= 11 is 0. The maximum Gasteiger partial charge on any atom is 0.231 e. The minimum absolute atomic E-state index is 0.228. The molecular formula is C11H23N3O. The summed E-state index contributed by atoms with van der Waals surface area (Å²) in [5, 5.41) is 3.44. The van der Waals surface area contributed by atoms with Crippen molar-refractivity contribution in [3.05, 3.63) is 0 Å². The van der Waals surface area contributed by atoms with Crippen LogP contribution in [0.15, 0.2) is 0 Å². The largest absolute Gasteiger partial charge is 0.369 e. The van der Waals surface area contributed by atoms with Crippen LogP contribution >= 0.6 is 0 Å². The molecule has 1 amide bonds. The van der Waals surface area contributed by atoms with Crippen LogP contribution in [0.4, 0.5) is 0 Å². The molecule has 1 fully saturated rings. The second-order valence-corrected chi connectivity index (χ2v) is 4.85. The fourth-order valence-electron chi connectivity index (χ4n) is 2.16. The van der Waals surface area contributed by atoms with Crippen molar-refractivity contribution >= 4 is 5.91 Å². The van der Waals surface area contributed by atoms with E-state index in [0.29, 0.717) is 18.5 Å². The number of nitrogens with zero attached hydrogens (tertiary/aromatic N) is 1. The Labute approximate surface area is 92.2 Å². The molecule has 0 aliphatic carbocycles. The van der Waals surface area contributed by atoms with Gasteiger partial charge in [-0.3, -0.25) is 9.69 Å². The molecule has 15 heavy (non-hydrogen) atoms. The van der Waals surface area contributed by atoms with Crippen molar-refractivity contribution in [3.8, 4) is 0 Å². The number of amides is 1. The molecule has 1 aliphatic heterocycles. The Morgan fingerprint density at radius 1 is 1.60 bits per heavy atom. The van der Waals surface area contributed by atoms with Crippen molar-refractivity contribution < 1.29 is 4.79 Å². The zero-order chi connectivity index (χ0) is 11.3. The van der Waals surface area contributed by atoms with Crippen molar-refractivity contribution in [3.63, 3.8) is 0 Å². The third kappa shape index (κ3) is 5.14. The average Bonchev–Trinajstić information content (AvgIpc) is 2.53. The summed E-state index contributed by atoms with van der Waals surface area (Å²) < 4.78 is 0. The van der Waals surface area contributed by atoms with Gasteiger partial charge in [0, 0.05) is 19.1 Å². The van der Waals surface area contributed by atoms with Gasteiger partial charge in [0.05, 0.1) is 6.54 Å². The van der Waals surface area contributed by atoms with E-state index in [-0.39, 0.29) is 5.91 Å². The lowest BCUT2D eigenvalue weighted by Crippen LogP contribution is -2.43. The predicted molar refractivity (Wildman–Crippen MR) is 61.5 cm³/mol. The van der Waals surface area contributed by atoms with Crippen LogP contribution in [-0.2, 0) is 4.79 Å². The first-order valence-electron chi connectivity index (χ1n) is 5.82. The molecule has 4 heteroatoms. The van der Waals surface area contributed by atoms with Gasteiger partial charge in [0.2, 0.25) is 5.91 Å². The third-order valence-corrected chi connectivity index (χ3v) is 2.64. The van der Waals surface area contributed by atoms with Crippen LogP contribution in [0.2, 0.25) is 0 Å². The van der Waals surface area contributed by atoms with Crippen LogP contribution in [0, 0.1) is 5.92 Å². The van der Waals surface area contributed by atoms with E-state index in [9.17, 15) is 4.79 Å². The Bertz CT molecular complexity index is 200. The van der Waals surface area contributed by atoms with Gasteiger partial charge in [0.1, 0.15) is 0 Å². The molecule has 0 aromatic heterocycles. The summed E-state index contributed by atoms with van der Waals surface area (Å²) in [6.45, 7) is 7.71. The summed E-state index contributed by atoms with van der Waals surface area (Å²) in [4.78, 5) is 13.1. The first-order chi connectivity index (χ1) is 7.08. The number of carbonyl (C=O) groups excluding carboxylic acids is 1. The number of nitrogens with two attached hydrogens (primary N) is 1. The van der Waals surface area contributed by atoms with Crippen LogP contribution < -0.4 is 11.1 Å². The maximum atomic E-state index is 10.9. The summed E-state index contributed by atoms with van der Waals surface area (Å²) in [5.74, 6) is 0.347. The summed E-state index contributed by atoms with van der Waals surface area (Å²) in [5.41, 5.74) is 5.24. The molecule has 88 valence electrons. The first kappa shape index (κ1) is 12.5. The normalized spacial score (nSPS) is 21.5. The lowest BCUT2D eigenvalue weighted by molar-refractivity contribution is -0.119. The lowest BCUT2D eigenvalue weighted by atomic mass is 10.1. The van der Waals surface area contributed by atoms with Crippen molar-refractivity contribution in [2.45, 2.75) is 32.7 Å². The van der Waals surface area contributed by atoms with E-state index >= 15 is 0 Å². The molecule has 1 saturated heterocycles. The van der Waals surface area contributed by atoms with Crippen molar-refractivity contribution in [1.82, 2.24) is 10.2 Å². The van der Waals surface area contributed by atoms with Gasteiger partial charge in [-0.15, -0.1) is 0 Å². The number of rotatable bonds is 6. The molecule has 0 saturated carbocycles. The molecule has 0 spiro atoms.